The quantitative estimate of drug-likeness (QED) is 0.527. The van der Waals surface area contributed by atoms with Crippen LogP contribution in [0.3, 0.4) is 0 Å². The minimum atomic E-state index is -4.40. The van der Waals surface area contributed by atoms with Crippen LogP contribution >= 0.6 is 0 Å². The second kappa shape index (κ2) is 10.2. The number of ether oxygens (including phenoxy) is 1. The third-order valence-electron chi connectivity index (χ3n) is 6.53. The van der Waals surface area contributed by atoms with Gasteiger partial charge in [-0.2, -0.15) is 18.2 Å². The van der Waals surface area contributed by atoms with E-state index < -0.39 is 23.7 Å². The summed E-state index contributed by atoms with van der Waals surface area (Å²) in [7, 11) is 0. The van der Waals surface area contributed by atoms with E-state index in [1.54, 1.807) is 0 Å². The normalized spacial score (nSPS) is 24.4. The van der Waals surface area contributed by atoms with E-state index in [0.29, 0.717) is 43.3 Å². The highest BCUT2D eigenvalue weighted by molar-refractivity contribution is 5.92. The van der Waals surface area contributed by atoms with Gasteiger partial charge in [-0.3, -0.25) is 9.59 Å². The fourth-order valence-corrected chi connectivity index (χ4v) is 4.76. The van der Waals surface area contributed by atoms with Crippen molar-refractivity contribution in [1.29, 1.82) is 0 Å². The molecule has 4 rings (SSSR count). The van der Waals surface area contributed by atoms with Gasteiger partial charge in [0.15, 0.2) is 0 Å². The van der Waals surface area contributed by atoms with Gasteiger partial charge >= 0.3 is 6.18 Å². The number of aromatic nitrogens is 2. The van der Waals surface area contributed by atoms with E-state index in [0.717, 1.165) is 18.6 Å². The smallest absolute Gasteiger partial charge is 0.416 e. The number of carbonyl (C=O) groups is 2. The number of carbonyl (C=O) groups excluding carboxylic acids is 2. The molecule has 3 heterocycles. The lowest BCUT2D eigenvalue weighted by molar-refractivity contribution is -0.137. The first kappa shape index (κ1) is 25.5. The predicted molar refractivity (Wildman–Crippen MR) is 127 cm³/mol. The second-order valence-electron chi connectivity index (χ2n) is 9.13. The number of piperidine rings is 1. The van der Waals surface area contributed by atoms with Crippen LogP contribution in [-0.2, 0) is 11.0 Å². The van der Waals surface area contributed by atoms with Crippen molar-refractivity contribution < 1.29 is 27.5 Å². The highest BCUT2D eigenvalue weighted by Crippen LogP contribution is 2.34. The number of amides is 2. The molecule has 0 bridgehead atoms. The van der Waals surface area contributed by atoms with E-state index in [2.05, 4.69) is 20.6 Å². The Bertz CT molecular complexity index is 1110. The fraction of sp³-hybridized carbons (Fsp3) is 0.500. The molecule has 0 radical (unpaired) electrons. The first-order valence-electron chi connectivity index (χ1n) is 11.9. The number of nitrogens with two attached hydrogens (primary N) is 1. The fourth-order valence-electron chi connectivity index (χ4n) is 4.76. The van der Waals surface area contributed by atoms with Crippen LogP contribution in [0.1, 0.15) is 55.6 Å². The summed E-state index contributed by atoms with van der Waals surface area (Å²) in [5, 5.41) is 5.81. The molecule has 4 unspecified atom stereocenters. The molecule has 36 heavy (non-hydrogen) atoms. The standard InChI is InChI=1S/C24H29F3N6O3/c1-3-15-11-17(36-16-6-4-14(5-7-16)24(25,26)27)10-13(2)33(15)23-31-19(21(28)34)12-20(32-23)30-18-8-9-29-22(18)35/h4-7,12-13,15,17-18H,3,8-11H2,1-2H3,(H2,28,34)(H,29,35)(H,30,31,32). The number of anilines is 2. The van der Waals surface area contributed by atoms with Crippen LogP contribution < -0.4 is 26.0 Å². The summed E-state index contributed by atoms with van der Waals surface area (Å²) in [6.07, 6.45) is -2.17. The summed E-state index contributed by atoms with van der Waals surface area (Å²) < 4.78 is 44.6. The lowest BCUT2D eigenvalue weighted by Crippen LogP contribution is -2.51. The van der Waals surface area contributed by atoms with Gasteiger partial charge in [-0.15, -0.1) is 0 Å². The van der Waals surface area contributed by atoms with Gasteiger partial charge in [-0.25, -0.2) is 4.98 Å². The number of primary amides is 1. The monoisotopic (exact) mass is 506 g/mol. The first-order chi connectivity index (χ1) is 17.0. The summed E-state index contributed by atoms with van der Waals surface area (Å²) in [5.74, 6) is 0.174. The van der Waals surface area contributed by atoms with Crippen molar-refractivity contribution in [2.75, 3.05) is 16.8 Å². The molecule has 194 valence electrons. The van der Waals surface area contributed by atoms with E-state index >= 15 is 0 Å². The molecule has 4 atom stereocenters. The maximum atomic E-state index is 12.9. The molecule has 4 N–H and O–H groups in total. The van der Waals surface area contributed by atoms with Gasteiger partial charge in [0, 0.05) is 37.5 Å². The van der Waals surface area contributed by atoms with Crippen molar-refractivity contribution in [3.05, 3.63) is 41.6 Å². The Kier molecular flexibility index (Phi) is 7.23. The van der Waals surface area contributed by atoms with Crippen LogP contribution in [0.25, 0.3) is 0 Å². The zero-order valence-electron chi connectivity index (χ0n) is 20.0. The van der Waals surface area contributed by atoms with Crippen molar-refractivity contribution in [1.82, 2.24) is 15.3 Å². The lowest BCUT2D eigenvalue weighted by Gasteiger charge is -2.43. The van der Waals surface area contributed by atoms with Crippen molar-refractivity contribution in [3.8, 4) is 5.75 Å². The van der Waals surface area contributed by atoms with Crippen LogP contribution in [0.15, 0.2) is 30.3 Å². The van der Waals surface area contributed by atoms with Gasteiger partial charge in [-0.05, 0) is 44.0 Å². The largest absolute Gasteiger partial charge is 0.490 e. The Labute approximate surface area is 206 Å². The second-order valence-corrected chi connectivity index (χ2v) is 9.13. The molecule has 2 aromatic rings. The molecule has 0 saturated carbocycles. The van der Waals surface area contributed by atoms with E-state index in [1.807, 2.05) is 18.7 Å². The Balaban J connectivity index is 1.53. The highest BCUT2D eigenvalue weighted by atomic mass is 19.4. The number of hydrogen-bond acceptors (Lipinski definition) is 7. The number of nitrogens with zero attached hydrogens (tertiary/aromatic N) is 3. The van der Waals surface area contributed by atoms with Crippen molar-refractivity contribution in [2.45, 2.75) is 69.9 Å². The number of rotatable bonds is 7. The Morgan fingerprint density at radius 1 is 1.25 bits per heavy atom. The highest BCUT2D eigenvalue weighted by Gasteiger charge is 2.36. The SMILES string of the molecule is CCC1CC(Oc2ccc(C(F)(F)F)cc2)CC(C)N1c1nc(NC2CCNC2=O)cc(C(N)=O)n1. The summed E-state index contributed by atoms with van der Waals surface area (Å²) >= 11 is 0. The maximum Gasteiger partial charge on any atom is 0.416 e. The number of alkyl halides is 3. The molecule has 2 aliphatic heterocycles. The average Bonchev–Trinajstić information content (AvgIpc) is 3.22. The summed E-state index contributed by atoms with van der Waals surface area (Å²) in [5.41, 5.74) is 4.83. The van der Waals surface area contributed by atoms with Crippen LogP contribution in [-0.4, -0.2) is 52.6 Å². The molecule has 9 nitrogen and oxygen atoms in total. The van der Waals surface area contributed by atoms with Crippen LogP contribution in [0.5, 0.6) is 5.75 Å². The first-order valence-corrected chi connectivity index (χ1v) is 11.9. The third kappa shape index (κ3) is 5.63. The topological polar surface area (TPSA) is 122 Å². The van der Waals surface area contributed by atoms with Gasteiger partial charge in [-0.1, -0.05) is 6.92 Å². The van der Waals surface area contributed by atoms with Crippen molar-refractivity contribution >= 4 is 23.6 Å². The molecule has 0 aliphatic carbocycles. The number of hydrogen-bond donors (Lipinski definition) is 3. The van der Waals surface area contributed by atoms with E-state index in [-0.39, 0.29) is 29.8 Å². The van der Waals surface area contributed by atoms with Crippen molar-refractivity contribution in [2.24, 2.45) is 5.73 Å². The molecule has 12 heteroatoms. The number of halogens is 3. The molecule has 0 spiro atoms. The minimum Gasteiger partial charge on any atom is -0.490 e. The molecular weight excluding hydrogens is 477 g/mol. The predicted octanol–water partition coefficient (Wildman–Crippen LogP) is 3.11. The Hall–Kier alpha value is -3.57. The summed E-state index contributed by atoms with van der Waals surface area (Å²) in [6.45, 7) is 4.53. The summed E-state index contributed by atoms with van der Waals surface area (Å²) in [4.78, 5) is 35.0. The van der Waals surface area contributed by atoms with E-state index in [9.17, 15) is 22.8 Å². The zero-order chi connectivity index (χ0) is 26.0. The molecule has 2 saturated heterocycles. The van der Waals surface area contributed by atoms with Gasteiger partial charge in [0.2, 0.25) is 11.9 Å². The third-order valence-corrected chi connectivity index (χ3v) is 6.53. The van der Waals surface area contributed by atoms with Gasteiger partial charge in [0.1, 0.15) is 29.4 Å². The molecule has 1 aromatic carbocycles. The van der Waals surface area contributed by atoms with Gasteiger partial charge < -0.3 is 26.0 Å². The molecular formula is C24H29F3N6O3. The average molecular weight is 507 g/mol. The number of benzene rings is 1. The minimum absolute atomic E-state index is 0.0334. The maximum absolute atomic E-state index is 12.9. The zero-order valence-corrected chi connectivity index (χ0v) is 20.0. The Morgan fingerprint density at radius 2 is 1.97 bits per heavy atom. The lowest BCUT2D eigenvalue weighted by atomic mass is 9.92. The summed E-state index contributed by atoms with van der Waals surface area (Å²) in [6, 6.07) is 5.49. The number of nitrogens with one attached hydrogen (secondary N) is 2. The molecule has 2 aliphatic rings. The molecule has 2 amide bonds. The van der Waals surface area contributed by atoms with Crippen LogP contribution in [0.4, 0.5) is 24.9 Å². The van der Waals surface area contributed by atoms with Gasteiger partial charge in [0.25, 0.3) is 5.91 Å². The molecule has 2 fully saturated rings. The molecule has 1 aromatic heterocycles. The van der Waals surface area contributed by atoms with Crippen molar-refractivity contribution in [3.63, 3.8) is 0 Å². The van der Waals surface area contributed by atoms with Crippen LogP contribution in [0.2, 0.25) is 0 Å². The van der Waals surface area contributed by atoms with Gasteiger partial charge in [0.05, 0.1) is 5.56 Å². The van der Waals surface area contributed by atoms with Crippen LogP contribution in [0, 0.1) is 0 Å². The van der Waals surface area contributed by atoms with E-state index in [4.69, 9.17) is 10.5 Å². The Morgan fingerprint density at radius 3 is 2.56 bits per heavy atom. The van der Waals surface area contributed by atoms with E-state index in [1.165, 1.54) is 18.2 Å².